The molecule has 0 unspecified atom stereocenters. The number of H-pyrrole nitrogens is 2. The zero-order chi connectivity index (χ0) is 18.8. The number of fused-ring (bicyclic) bond motifs is 1. The minimum Gasteiger partial charge on any atom is -0.461 e. The van der Waals surface area contributed by atoms with E-state index >= 15 is 0 Å². The van der Waals surface area contributed by atoms with Gasteiger partial charge in [-0.15, -0.1) is 10.2 Å². The molecule has 3 heterocycles. The van der Waals surface area contributed by atoms with E-state index in [2.05, 4.69) is 25.5 Å². The van der Waals surface area contributed by atoms with Crippen molar-refractivity contribution >= 4 is 34.4 Å². The van der Waals surface area contributed by atoms with Crippen LogP contribution in [0.15, 0.2) is 51.0 Å². The summed E-state index contributed by atoms with van der Waals surface area (Å²) in [5.41, 5.74) is 1.65. The molecule has 0 radical (unpaired) electrons. The van der Waals surface area contributed by atoms with Crippen molar-refractivity contribution in [3.05, 3.63) is 47.1 Å². The number of anilines is 1. The number of aromatic amines is 2. The van der Waals surface area contributed by atoms with Gasteiger partial charge in [-0.25, -0.2) is 4.79 Å². The van der Waals surface area contributed by atoms with E-state index in [-0.39, 0.29) is 17.3 Å². The molecule has 4 aromatic rings. The number of furan rings is 1. The number of nitrogens with one attached hydrogen (secondary N) is 3. The van der Waals surface area contributed by atoms with Crippen LogP contribution in [0.5, 0.6) is 0 Å². The summed E-state index contributed by atoms with van der Waals surface area (Å²) in [6, 6.07) is 8.79. The van der Waals surface area contributed by atoms with Crippen LogP contribution in [0.3, 0.4) is 0 Å². The molecule has 1 aromatic carbocycles. The van der Waals surface area contributed by atoms with Crippen molar-refractivity contribution in [3.63, 3.8) is 0 Å². The number of hydrogen-bond donors (Lipinski definition) is 3. The number of nitrogens with zero attached hydrogens (tertiary/aromatic N) is 3. The largest absolute Gasteiger partial charge is 0.461 e. The number of carbonyl (C=O) groups is 1. The molecule has 0 aliphatic carbocycles. The average Bonchev–Trinajstić information content (AvgIpc) is 3.37. The topological polar surface area (TPSA) is 122 Å². The first kappa shape index (κ1) is 17.2. The van der Waals surface area contributed by atoms with Gasteiger partial charge in [0.2, 0.25) is 5.91 Å². The highest BCUT2D eigenvalue weighted by molar-refractivity contribution is 7.99. The summed E-state index contributed by atoms with van der Waals surface area (Å²) in [5, 5.41) is 11.8. The van der Waals surface area contributed by atoms with Crippen molar-refractivity contribution in [1.29, 1.82) is 0 Å². The van der Waals surface area contributed by atoms with Crippen molar-refractivity contribution in [2.24, 2.45) is 0 Å². The Bertz CT molecular complexity index is 1140. The van der Waals surface area contributed by atoms with Crippen LogP contribution < -0.4 is 11.0 Å². The Hall–Kier alpha value is -3.27. The van der Waals surface area contributed by atoms with Gasteiger partial charge >= 0.3 is 5.69 Å². The van der Waals surface area contributed by atoms with E-state index in [0.29, 0.717) is 40.0 Å². The molecule has 27 heavy (non-hydrogen) atoms. The smallest absolute Gasteiger partial charge is 0.323 e. The van der Waals surface area contributed by atoms with Crippen molar-refractivity contribution < 1.29 is 9.21 Å². The normalized spacial score (nSPS) is 11.1. The van der Waals surface area contributed by atoms with Crippen LogP contribution in [0, 0.1) is 0 Å². The molecular weight excluding hydrogens is 368 g/mol. The predicted octanol–water partition coefficient (Wildman–Crippen LogP) is 2.46. The standard InChI is InChI=1S/C17H16N6O3S/c1-2-23-15(13-4-3-7-26-13)21-22-17(23)27-9-14(24)18-10-5-6-11-12(8-10)20-16(25)19-11/h3-8H,2,9H2,1H3,(H,18,24)(H2,19,20,25). The highest BCUT2D eigenvalue weighted by Gasteiger charge is 2.16. The van der Waals surface area contributed by atoms with Gasteiger partial charge in [0, 0.05) is 12.2 Å². The first-order valence-corrected chi connectivity index (χ1v) is 9.24. The first-order valence-electron chi connectivity index (χ1n) is 8.26. The van der Waals surface area contributed by atoms with Gasteiger partial charge in [0.15, 0.2) is 16.7 Å². The summed E-state index contributed by atoms with van der Waals surface area (Å²) in [7, 11) is 0. The van der Waals surface area contributed by atoms with Gasteiger partial charge in [-0.3, -0.25) is 9.36 Å². The maximum absolute atomic E-state index is 12.3. The lowest BCUT2D eigenvalue weighted by atomic mass is 10.3. The molecule has 0 aliphatic rings. The molecule has 3 aromatic heterocycles. The van der Waals surface area contributed by atoms with E-state index < -0.39 is 0 Å². The lowest BCUT2D eigenvalue weighted by Gasteiger charge is -2.07. The number of aromatic nitrogens is 5. The monoisotopic (exact) mass is 384 g/mol. The third kappa shape index (κ3) is 3.51. The van der Waals surface area contributed by atoms with Crippen LogP contribution >= 0.6 is 11.8 Å². The van der Waals surface area contributed by atoms with Gasteiger partial charge in [-0.2, -0.15) is 0 Å². The lowest BCUT2D eigenvalue weighted by Crippen LogP contribution is -2.14. The summed E-state index contributed by atoms with van der Waals surface area (Å²) < 4.78 is 7.27. The zero-order valence-corrected chi connectivity index (χ0v) is 15.2. The third-order valence-electron chi connectivity index (χ3n) is 3.91. The number of hydrogen-bond acceptors (Lipinski definition) is 6. The van der Waals surface area contributed by atoms with Crippen molar-refractivity contribution in [1.82, 2.24) is 24.7 Å². The molecule has 1 amide bonds. The van der Waals surface area contributed by atoms with Crippen molar-refractivity contribution in [2.75, 3.05) is 11.1 Å². The number of benzene rings is 1. The van der Waals surface area contributed by atoms with E-state index in [0.717, 1.165) is 0 Å². The number of rotatable bonds is 6. The minimum atomic E-state index is -0.282. The fourth-order valence-corrected chi connectivity index (χ4v) is 3.51. The van der Waals surface area contributed by atoms with E-state index in [1.807, 2.05) is 17.6 Å². The summed E-state index contributed by atoms with van der Waals surface area (Å²) in [5.74, 6) is 1.27. The highest BCUT2D eigenvalue weighted by Crippen LogP contribution is 2.24. The SMILES string of the molecule is CCn1c(SCC(=O)Nc2ccc3[nH]c(=O)[nH]c3c2)nnc1-c1ccco1. The molecule has 0 saturated carbocycles. The molecule has 0 saturated heterocycles. The van der Waals surface area contributed by atoms with Crippen LogP contribution in [-0.2, 0) is 11.3 Å². The molecule has 10 heteroatoms. The molecule has 3 N–H and O–H groups in total. The second-order valence-electron chi connectivity index (χ2n) is 5.70. The van der Waals surface area contributed by atoms with E-state index in [4.69, 9.17) is 4.42 Å². The van der Waals surface area contributed by atoms with Crippen LogP contribution in [0.25, 0.3) is 22.6 Å². The van der Waals surface area contributed by atoms with Crippen LogP contribution in [0.1, 0.15) is 6.92 Å². The Kier molecular flexibility index (Phi) is 4.55. The predicted molar refractivity (Wildman–Crippen MR) is 102 cm³/mol. The van der Waals surface area contributed by atoms with Gasteiger partial charge in [0.05, 0.1) is 23.0 Å². The Morgan fingerprint density at radius 3 is 2.89 bits per heavy atom. The Labute approximate surface area is 157 Å². The highest BCUT2D eigenvalue weighted by atomic mass is 32.2. The number of amides is 1. The summed E-state index contributed by atoms with van der Waals surface area (Å²) >= 11 is 1.30. The minimum absolute atomic E-state index is 0.178. The average molecular weight is 384 g/mol. The van der Waals surface area contributed by atoms with Gasteiger partial charge in [-0.1, -0.05) is 11.8 Å². The molecule has 0 bridgehead atoms. The molecule has 0 aliphatic heterocycles. The summed E-state index contributed by atoms with van der Waals surface area (Å²) in [6.45, 7) is 2.64. The Morgan fingerprint density at radius 2 is 2.11 bits per heavy atom. The van der Waals surface area contributed by atoms with E-state index in [9.17, 15) is 9.59 Å². The second-order valence-corrected chi connectivity index (χ2v) is 6.65. The van der Waals surface area contributed by atoms with Gasteiger partial charge in [0.25, 0.3) is 0 Å². The number of imidazole rings is 1. The fraction of sp³-hybridized carbons (Fsp3) is 0.176. The van der Waals surface area contributed by atoms with Crippen molar-refractivity contribution in [2.45, 2.75) is 18.6 Å². The Balaban J connectivity index is 1.43. The van der Waals surface area contributed by atoms with Gasteiger partial charge < -0.3 is 19.7 Å². The van der Waals surface area contributed by atoms with Gasteiger partial charge in [0.1, 0.15) is 0 Å². The molecule has 138 valence electrons. The third-order valence-corrected chi connectivity index (χ3v) is 4.87. The van der Waals surface area contributed by atoms with E-state index in [1.54, 1.807) is 30.5 Å². The summed E-state index contributed by atoms with van der Waals surface area (Å²) in [4.78, 5) is 28.9. The second kappa shape index (κ2) is 7.16. The molecule has 4 rings (SSSR count). The van der Waals surface area contributed by atoms with Crippen LogP contribution in [-0.4, -0.2) is 36.4 Å². The Morgan fingerprint density at radius 1 is 1.26 bits per heavy atom. The maximum atomic E-state index is 12.3. The molecule has 9 nitrogen and oxygen atoms in total. The number of thioether (sulfide) groups is 1. The molecule has 0 fully saturated rings. The van der Waals surface area contributed by atoms with Crippen LogP contribution in [0.2, 0.25) is 0 Å². The van der Waals surface area contributed by atoms with E-state index in [1.165, 1.54) is 11.8 Å². The summed E-state index contributed by atoms with van der Waals surface area (Å²) in [6.07, 6.45) is 1.58. The van der Waals surface area contributed by atoms with Crippen LogP contribution in [0.4, 0.5) is 5.69 Å². The molecule has 0 atom stereocenters. The maximum Gasteiger partial charge on any atom is 0.323 e. The molecule has 0 spiro atoms. The zero-order valence-electron chi connectivity index (χ0n) is 14.4. The van der Waals surface area contributed by atoms with Gasteiger partial charge in [-0.05, 0) is 37.3 Å². The van der Waals surface area contributed by atoms with Crippen molar-refractivity contribution in [3.8, 4) is 11.6 Å². The first-order chi connectivity index (χ1) is 13.1. The molecular formula is C17H16N6O3S. The number of carbonyl (C=O) groups excluding carboxylic acids is 1. The fourth-order valence-electron chi connectivity index (χ4n) is 2.71. The lowest BCUT2D eigenvalue weighted by molar-refractivity contribution is -0.113. The quantitative estimate of drug-likeness (QED) is 0.439.